The van der Waals surface area contributed by atoms with Crippen LogP contribution in [0.15, 0.2) is 35.3 Å². The number of benzene rings is 1. The van der Waals surface area contributed by atoms with Crippen LogP contribution in [0.25, 0.3) is 5.70 Å². The number of nitrogens with two attached hydrogens (primary N) is 1. The van der Waals surface area contributed by atoms with E-state index in [1.807, 2.05) is 12.3 Å². The van der Waals surface area contributed by atoms with Crippen LogP contribution < -0.4 is 5.73 Å². The number of rotatable bonds is 3. The number of allylic oxidation sites excluding steroid dienone is 1. The van der Waals surface area contributed by atoms with Gasteiger partial charge in [0.25, 0.3) is 0 Å². The van der Waals surface area contributed by atoms with Crippen molar-refractivity contribution in [2.24, 2.45) is 10.7 Å². The zero-order valence-corrected chi connectivity index (χ0v) is 11.1. The summed E-state index contributed by atoms with van der Waals surface area (Å²) in [6.45, 7) is 2.08. The van der Waals surface area contributed by atoms with Crippen LogP contribution in [0.2, 0.25) is 0 Å². The molecule has 0 saturated heterocycles. The van der Waals surface area contributed by atoms with E-state index in [2.05, 4.69) is 36.2 Å². The Morgan fingerprint density at radius 3 is 2.50 bits per heavy atom. The number of aryl methyl sites for hydroxylation is 1. The summed E-state index contributed by atoms with van der Waals surface area (Å²) in [5.41, 5.74) is 9.13. The molecule has 0 aromatic heterocycles. The van der Waals surface area contributed by atoms with E-state index in [9.17, 15) is 0 Å². The van der Waals surface area contributed by atoms with E-state index in [4.69, 9.17) is 5.73 Å². The van der Waals surface area contributed by atoms with Gasteiger partial charge in [-0.2, -0.15) is 0 Å². The molecule has 0 bridgehead atoms. The number of hydrogen-bond donors (Lipinski definition) is 1. The Bertz CT molecular complexity index is 423. The molecule has 1 fully saturated rings. The van der Waals surface area contributed by atoms with Crippen molar-refractivity contribution in [3.8, 4) is 0 Å². The summed E-state index contributed by atoms with van der Waals surface area (Å²) in [6.07, 6.45) is 10.3. The lowest BCUT2D eigenvalue weighted by atomic mass is 9.96. The molecule has 0 heterocycles. The summed E-state index contributed by atoms with van der Waals surface area (Å²) in [5.74, 6) is 0. The average Bonchev–Trinajstić information content (AvgIpc) is 2.40. The number of hydrogen-bond acceptors (Lipinski definition) is 2. The molecule has 0 unspecified atom stereocenters. The molecule has 96 valence electrons. The summed E-state index contributed by atoms with van der Waals surface area (Å²) in [4.78, 5) is 4.58. The molecule has 0 atom stereocenters. The van der Waals surface area contributed by atoms with Crippen molar-refractivity contribution in [1.82, 2.24) is 0 Å². The van der Waals surface area contributed by atoms with Crippen molar-refractivity contribution in [2.45, 2.75) is 45.1 Å². The lowest BCUT2D eigenvalue weighted by molar-refractivity contribution is 0.444. The molecule has 1 aromatic carbocycles. The van der Waals surface area contributed by atoms with E-state index in [1.165, 1.54) is 37.7 Å². The Balaban J connectivity index is 1.95. The molecule has 0 radical (unpaired) electrons. The first-order chi connectivity index (χ1) is 8.75. The normalized spacial score (nSPS) is 18.4. The third kappa shape index (κ3) is 3.73. The fraction of sp³-hybridized carbons (Fsp3) is 0.438. The van der Waals surface area contributed by atoms with Gasteiger partial charge in [-0.05, 0) is 31.4 Å². The quantitative estimate of drug-likeness (QED) is 0.806. The highest BCUT2D eigenvalue weighted by Crippen LogP contribution is 2.19. The van der Waals surface area contributed by atoms with Gasteiger partial charge in [0.05, 0.1) is 0 Å². The minimum absolute atomic E-state index is 0.515. The van der Waals surface area contributed by atoms with E-state index in [0.29, 0.717) is 6.04 Å². The Kier molecular flexibility index (Phi) is 4.57. The topological polar surface area (TPSA) is 38.4 Å². The third-order valence-corrected chi connectivity index (χ3v) is 3.51. The second-order valence-electron chi connectivity index (χ2n) is 5.08. The highest BCUT2D eigenvalue weighted by molar-refractivity contribution is 5.83. The number of nitrogens with zero attached hydrogens (tertiary/aromatic N) is 1. The van der Waals surface area contributed by atoms with E-state index in [-0.39, 0.29) is 0 Å². The molecule has 18 heavy (non-hydrogen) atoms. The van der Waals surface area contributed by atoms with Crippen LogP contribution in [0.3, 0.4) is 0 Å². The van der Waals surface area contributed by atoms with Crippen molar-refractivity contribution in [1.29, 1.82) is 0 Å². The van der Waals surface area contributed by atoms with Crippen molar-refractivity contribution in [3.63, 3.8) is 0 Å². The standard InChI is InChI=1S/C16H22N2/c1-13-7-9-14(10-8-13)16(17)11-12-18-15-5-3-2-4-6-15/h7-12,15H,2-6,17H2,1H3/b16-11+,18-12?. The molecular formula is C16H22N2. The molecule has 0 spiro atoms. The lowest BCUT2D eigenvalue weighted by Crippen LogP contribution is -2.09. The maximum Gasteiger partial charge on any atom is 0.0499 e. The van der Waals surface area contributed by atoms with E-state index >= 15 is 0 Å². The van der Waals surface area contributed by atoms with Gasteiger partial charge in [-0.3, -0.25) is 4.99 Å². The summed E-state index contributed by atoms with van der Waals surface area (Å²) in [7, 11) is 0. The van der Waals surface area contributed by atoms with Crippen LogP contribution in [-0.2, 0) is 0 Å². The molecule has 2 rings (SSSR count). The molecule has 1 aliphatic carbocycles. The smallest absolute Gasteiger partial charge is 0.0499 e. The van der Waals surface area contributed by atoms with Crippen LogP contribution >= 0.6 is 0 Å². The largest absolute Gasteiger partial charge is 0.398 e. The Labute approximate surface area is 110 Å². The van der Waals surface area contributed by atoms with E-state index < -0.39 is 0 Å². The minimum Gasteiger partial charge on any atom is -0.398 e. The summed E-state index contributed by atoms with van der Waals surface area (Å²) < 4.78 is 0. The monoisotopic (exact) mass is 242 g/mol. The Morgan fingerprint density at radius 2 is 1.83 bits per heavy atom. The molecule has 2 heteroatoms. The molecule has 2 nitrogen and oxygen atoms in total. The molecule has 2 N–H and O–H groups in total. The van der Waals surface area contributed by atoms with Crippen LogP contribution in [0.5, 0.6) is 0 Å². The van der Waals surface area contributed by atoms with Gasteiger partial charge in [-0.1, -0.05) is 49.1 Å². The van der Waals surface area contributed by atoms with Gasteiger partial charge in [-0.15, -0.1) is 0 Å². The van der Waals surface area contributed by atoms with Crippen molar-refractivity contribution < 1.29 is 0 Å². The first-order valence-corrected chi connectivity index (χ1v) is 6.81. The predicted octanol–water partition coefficient (Wildman–Crippen LogP) is 3.70. The van der Waals surface area contributed by atoms with Gasteiger partial charge in [-0.25, -0.2) is 0 Å². The summed E-state index contributed by atoms with van der Waals surface area (Å²) in [5, 5.41) is 0. The first kappa shape index (κ1) is 12.9. The molecule has 0 aliphatic heterocycles. The summed E-state index contributed by atoms with van der Waals surface area (Å²) in [6, 6.07) is 8.77. The van der Waals surface area contributed by atoms with E-state index in [1.54, 1.807) is 0 Å². The van der Waals surface area contributed by atoms with Crippen LogP contribution in [0, 0.1) is 6.92 Å². The zero-order chi connectivity index (χ0) is 12.8. The SMILES string of the molecule is Cc1ccc(/C(N)=C\C=NC2CCCCC2)cc1. The molecule has 1 aromatic rings. The lowest BCUT2D eigenvalue weighted by Gasteiger charge is -2.16. The maximum absolute atomic E-state index is 6.03. The van der Waals surface area contributed by atoms with Crippen LogP contribution in [0.4, 0.5) is 0 Å². The minimum atomic E-state index is 0.515. The Hall–Kier alpha value is -1.57. The van der Waals surface area contributed by atoms with Gasteiger partial charge in [0, 0.05) is 18.0 Å². The van der Waals surface area contributed by atoms with Crippen molar-refractivity contribution in [3.05, 3.63) is 41.5 Å². The second kappa shape index (κ2) is 6.39. The van der Waals surface area contributed by atoms with Gasteiger partial charge in [0.15, 0.2) is 0 Å². The number of aliphatic imine (C=N–C) groups is 1. The Morgan fingerprint density at radius 1 is 1.17 bits per heavy atom. The van der Waals surface area contributed by atoms with Crippen molar-refractivity contribution in [2.75, 3.05) is 0 Å². The highest BCUT2D eigenvalue weighted by Gasteiger charge is 2.10. The first-order valence-electron chi connectivity index (χ1n) is 6.81. The summed E-state index contributed by atoms with van der Waals surface area (Å²) >= 11 is 0. The van der Waals surface area contributed by atoms with Gasteiger partial charge in [0.2, 0.25) is 0 Å². The fourth-order valence-corrected chi connectivity index (χ4v) is 2.32. The highest BCUT2D eigenvalue weighted by atomic mass is 14.8. The van der Waals surface area contributed by atoms with E-state index in [0.717, 1.165) is 11.3 Å². The second-order valence-corrected chi connectivity index (χ2v) is 5.08. The van der Waals surface area contributed by atoms with Crippen molar-refractivity contribution >= 4 is 11.9 Å². The molecular weight excluding hydrogens is 220 g/mol. The van der Waals surface area contributed by atoms with Gasteiger partial charge >= 0.3 is 0 Å². The average molecular weight is 242 g/mol. The molecule has 1 saturated carbocycles. The van der Waals surface area contributed by atoms with Crippen LogP contribution in [0.1, 0.15) is 43.2 Å². The zero-order valence-electron chi connectivity index (χ0n) is 11.1. The predicted molar refractivity (Wildman–Crippen MR) is 78.7 cm³/mol. The maximum atomic E-state index is 6.03. The fourth-order valence-electron chi connectivity index (χ4n) is 2.32. The molecule has 0 amide bonds. The van der Waals surface area contributed by atoms with Gasteiger partial charge < -0.3 is 5.73 Å². The molecule has 1 aliphatic rings. The van der Waals surface area contributed by atoms with Crippen LogP contribution in [-0.4, -0.2) is 12.3 Å². The third-order valence-electron chi connectivity index (χ3n) is 3.51. The van der Waals surface area contributed by atoms with Gasteiger partial charge in [0.1, 0.15) is 0 Å².